The molecule has 2 rings (SSSR count). The van der Waals surface area contributed by atoms with Crippen molar-refractivity contribution >= 4 is 17.3 Å². The summed E-state index contributed by atoms with van der Waals surface area (Å²) in [7, 11) is 0. The molecule has 76 valence electrons. The van der Waals surface area contributed by atoms with E-state index in [0.717, 1.165) is 12.8 Å². The molecule has 3 nitrogen and oxygen atoms in total. The molecule has 14 heavy (non-hydrogen) atoms. The van der Waals surface area contributed by atoms with E-state index in [-0.39, 0.29) is 0 Å². The topological polar surface area (TPSA) is 47.7 Å². The van der Waals surface area contributed by atoms with E-state index in [1.54, 1.807) is 12.1 Å². The van der Waals surface area contributed by atoms with E-state index in [9.17, 15) is 5.21 Å². The standard InChI is InChI=1S/C10H12ClNO2/c11-10-6-8(10)5-7-1-3-9(4-2-7)12(13)14/h1-4,8,10,12-13H,5-6H2/t8-,10-/m0/s1. The molecule has 1 aromatic rings. The van der Waals surface area contributed by atoms with Crippen LogP contribution in [0.5, 0.6) is 0 Å². The van der Waals surface area contributed by atoms with E-state index in [0.29, 0.717) is 17.0 Å². The molecule has 0 bridgehead atoms. The Bertz CT molecular complexity index is 312. The minimum atomic E-state index is -0.877. The zero-order chi connectivity index (χ0) is 10.1. The van der Waals surface area contributed by atoms with Gasteiger partial charge in [0.1, 0.15) is 0 Å². The lowest BCUT2D eigenvalue weighted by Gasteiger charge is -2.11. The van der Waals surface area contributed by atoms with Gasteiger partial charge in [0, 0.05) is 17.5 Å². The largest absolute Gasteiger partial charge is 0.595 e. The molecule has 0 spiro atoms. The number of halogens is 1. The van der Waals surface area contributed by atoms with Crippen molar-refractivity contribution in [3.63, 3.8) is 0 Å². The monoisotopic (exact) mass is 213 g/mol. The lowest BCUT2D eigenvalue weighted by molar-refractivity contribution is -0.991. The number of rotatable bonds is 3. The van der Waals surface area contributed by atoms with Crippen LogP contribution in [0.3, 0.4) is 0 Å². The maximum Gasteiger partial charge on any atom is 0.163 e. The highest BCUT2D eigenvalue weighted by molar-refractivity contribution is 6.22. The molecule has 0 saturated heterocycles. The number of hydrogen-bond donors (Lipinski definition) is 2. The van der Waals surface area contributed by atoms with Crippen molar-refractivity contribution in [3.8, 4) is 0 Å². The fourth-order valence-electron chi connectivity index (χ4n) is 1.51. The van der Waals surface area contributed by atoms with Gasteiger partial charge in [-0.25, -0.2) is 5.21 Å². The van der Waals surface area contributed by atoms with Gasteiger partial charge in [-0.15, -0.1) is 11.6 Å². The van der Waals surface area contributed by atoms with Crippen molar-refractivity contribution in [2.24, 2.45) is 5.92 Å². The van der Waals surface area contributed by atoms with Crippen LogP contribution in [0.25, 0.3) is 0 Å². The first-order valence-corrected chi connectivity index (χ1v) is 5.07. The number of nitrogens with one attached hydrogen (secondary N) is 1. The molecule has 1 aromatic carbocycles. The molecular weight excluding hydrogens is 202 g/mol. The van der Waals surface area contributed by atoms with E-state index in [2.05, 4.69) is 0 Å². The number of alkyl halides is 1. The quantitative estimate of drug-likeness (QED) is 0.587. The molecule has 0 amide bonds. The molecule has 1 unspecified atom stereocenters. The van der Waals surface area contributed by atoms with Gasteiger partial charge in [-0.1, -0.05) is 12.1 Å². The minimum absolute atomic E-state index is 0.328. The molecule has 0 aliphatic heterocycles. The lowest BCUT2D eigenvalue weighted by Crippen LogP contribution is -2.99. The van der Waals surface area contributed by atoms with Crippen molar-refractivity contribution in [1.82, 2.24) is 0 Å². The normalized spacial score (nSPS) is 27.4. The Balaban J connectivity index is 1.99. The van der Waals surface area contributed by atoms with Crippen molar-refractivity contribution < 1.29 is 10.4 Å². The third-order valence-corrected chi connectivity index (χ3v) is 3.07. The summed E-state index contributed by atoms with van der Waals surface area (Å²) in [5, 5.41) is 18.7. The Morgan fingerprint density at radius 1 is 1.43 bits per heavy atom. The summed E-state index contributed by atoms with van der Waals surface area (Å²) >= 11 is 5.89. The van der Waals surface area contributed by atoms with Gasteiger partial charge in [0.25, 0.3) is 0 Å². The predicted molar refractivity (Wildman–Crippen MR) is 53.7 cm³/mol. The van der Waals surface area contributed by atoms with Crippen molar-refractivity contribution in [1.29, 1.82) is 0 Å². The first-order chi connectivity index (χ1) is 6.66. The lowest BCUT2D eigenvalue weighted by atomic mass is 10.1. The highest BCUT2D eigenvalue weighted by Crippen LogP contribution is 2.38. The average Bonchev–Trinajstić information content (AvgIpc) is 2.82. The second-order valence-electron chi connectivity index (χ2n) is 3.72. The smallest absolute Gasteiger partial charge is 0.163 e. The predicted octanol–water partition coefficient (Wildman–Crippen LogP) is 1.26. The van der Waals surface area contributed by atoms with Gasteiger partial charge in [0.2, 0.25) is 0 Å². The Morgan fingerprint density at radius 2 is 2.00 bits per heavy atom. The van der Waals surface area contributed by atoms with Crippen LogP contribution >= 0.6 is 11.6 Å². The van der Waals surface area contributed by atoms with E-state index in [1.807, 2.05) is 12.1 Å². The summed E-state index contributed by atoms with van der Waals surface area (Å²) in [6.45, 7) is 0. The van der Waals surface area contributed by atoms with Crippen LogP contribution in [0.4, 0.5) is 5.69 Å². The second-order valence-corrected chi connectivity index (χ2v) is 4.28. The third-order valence-electron chi connectivity index (χ3n) is 2.54. The summed E-state index contributed by atoms with van der Waals surface area (Å²) in [5.41, 5.74) is 1.51. The molecule has 0 radical (unpaired) electrons. The van der Waals surface area contributed by atoms with Gasteiger partial charge >= 0.3 is 0 Å². The fraction of sp³-hybridized carbons (Fsp3) is 0.400. The highest BCUT2D eigenvalue weighted by Gasteiger charge is 2.34. The number of quaternary nitrogens is 1. The summed E-state index contributed by atoms with van der Waals surface area (Å²) in [6.07, 6.45) is 2.05. The molecule has 1 saturated carbocycles. The van der Waals surface area contributed by atoms with Crippen LogP contribution in [0.1, 0.15) is 12.0 Å². The maximum atomic E-state index is 10.6. The van der Waals surface area contributed by atoms with Crippen LogP contribution < -0.4 is 5.23 Å². The van der Waals surface area contributed by atoms with E-state index < -0.39 is 5.23 Å². The Kier molecular flexibility index (Phi) is 2.74. The molecule has 3 atom stereocenters. The van der Waals surface area contributed by atoms with Crippen molar-refractivity contribution in [2.45, 2.75) is 18.2 Å². The molecule has 1 aliphatic carbocycles. The molecule has 0 heterocycles. The summed E-state index contributed by atoms with van der Waals surface area (Å²) in [6, 6.07) is 7.02. The van der Waals surface area contributed by atoms with Crippen LogP contribution in [0.15, 0.2) is 24.3 Å². The molecule has 1 fully saturated rings. The maximum absolute atomic E-state index is 10.6. The number of benzene rings is 1. The third kappa shape index (κ3) is 2.25. The van der Waals surface area contributed by atoms with Crippen molar-refractivity contribution in [2.75, 3.05) is 0 Å². The molecule has 4 heteroatoms. The summed E-state index contributed by atoms with van der Waals surface area (Å²) in [5.74, 6) is 0.590. The van der Waals surface area contributed by atoms with Crippen LogP contribution in [0.2, 0.25) is 0 Å². The van der Waals surface area contributed by atoms with Gasteiger partial charge < -0.3 is 5.21 Å². The molecular formula is C10H12ClNO2. The van der Waals surface area contributed by atoms with E-state index in [1.165, 1.54) is 5.56 Å². The van der Waals surface area contributed by atoms with Crippen molar-refractivity contribution in [3.05, 3.63) is 35.0 Å². The van der Waals surface area contributed by atoms with Crippen LogP contribution in [0, 0.1) is 11.1 Å². The van der Waals surface area contributed by atoms with Gasteiger partial charge in [-0.2, -0.15) is 5.23 Å². The molecule has 2 N–H and O–H groups in total. The van der Waals surface area contributed by atoms with Gasteiger partial charge in [-0.05, 0) is 24.3 Å². The first kappa shape index (κ1) is 9.93. The highest BCUT2D eigenvalue weighted by atomic mass is 35.5. The van der Waals surface area contributed by atoms with Crippen LogP contribution in [-0.2, 0) is 6.42 Å². The Labute approximate surface area is 87.4 Å². The van der Waals surface area contributed by atoms with E-state index >= 15 is 0 Å². The van der Waals surface area contributed by atoms with Gasteiger partial charge in [0.05, 0.1) is 0 Å². The average molecular weight is 214 g/mol. The Hall–Kier alpha value is -0.610. The first-order valence-electron chi connectivity index (χ1n) is 4.63. The van der Waals surface area contributed by atoms with Gasteiger partial charge in [-0.3, -0.25) is 0 Å². The molecule has 0 aromatic heterocycles. The van der Waals surface area contributed by atoms with Gasteiger partial charge in [0.15, 0.2) is 5.69 Å². The summed E-state index contributed by atoms with van der Waals surface area (Å²) in [4.78, 5) is 0. The van der Waals surface area contributed by atoms with Crippen LogP contribution in [-0.4, -0.2) is 10.6 Å². The number of hydrogen-bond acceptors (Lipinski definition) is 2. The Morgan fingerprint density at radius 3 is 2.43 bits per heavy atom. The van der Waals surface area contributed by atoms with E-state index in [4.69, 9.17) is 16.8 Å². The zero-order valence-electron chi connectivity index (χ0n) is 7.61. The molecule has 1 aliphatic rings. The zero-order valence-corrected chi connectivity index (χ0v) is 8.37. The minimum Gasteiger partial charge on any atom is -0.595 e. The SMILES string of the molecule is [O-][NH+](O)c1ccc(C[C@H]2C[C@@H]2Cl)cc1. The fourth-order valence-corrected chi connectivity index (χ4v) is 1.83. The second kappa shape index (κ2) is 3.87. The summed E-state index contributed by atoms with van der Waals surface area (Å²) < 4.78 is 0.